The maximum absolute atomic E-state index is 6.45. The molecule has 0 atom stereocenters. The molecule has 1 heteroatoms. The van der Waals surface area contributed by atoms with Crippen LogP contribution < -0.4 is 0 Å². The molecule has 0 aliphatic rings. The first-order valence-corrected chi connectivity index (χ1v) is 8.12. The monoisotopic (exact) mass is 312 g/mol. The van der Waals surface area contributed by atoms with Crippen molar-refractivity contribution in [3.63, 3.8) is 0 Å². The number of hydrogen-bond donors (Lipinski definition) is 0. The van der Waals surface area contributed by atoms with E-state index in [9.17, 15) is 0 Å². The average Bonchev–Trinajstić information content (AvgIpc) is 2.60. The lowest BCUT2D eigenvalue weighted by Crippen LogP contribution is -1.87. The second-order valence-corrected chi connectivity index (χ2v) is 6.36. The molecule has 0 radical (unpaired) electrons. The minimum absolute atomic E-state index is 0.794. The van der Waals surface area contributed by atoms with Crippen LogP contribution in [0.1, 0.15) is 0 Å². The summed E-state index contributed by atoms with van der Waals surface area (Å²) in [6, 6.07) is 27.8. The van der Waals surface area contributed by atoms with E-state index in [0.29, 0.717) is 0 Å². The number of hydrogen-bond acceptors (Lipinski definition) is 0. The van der Waals surface area contributed by atoms with E-state index >= 15 is 0 Å². The zero-order valence-corrected chi connectivity index (χ0v) is 13.1. The maximum atomic E-state index is 6.45. The fourth-order valence-electron chi connectivity index (χ4n) is 3.65. The fourth-order valence-corrected chi connectivity index (χ4v) is 3.89. The van der Waals surface area contributed by atoms with Gasteiger partial charge in [0.05, 0.1) is 0 Å². The molecule has 0 aliphatic carbocycles. The molecule has 23 heavy (non-hydrogen) atoms. The van der Waals surface area contributed by atoms with Crippen LogP contribution in [0.25, 0.3) is 43.4 Å². The Hall–Kier alpha value is -2.57. The zero-order chi connectivity index (χ0) is 15.4. The topological polar surface area (TPSA) is 0 Å². The van der Waals surface area contributed by atoms with Crippen LogP contribution in [-0.2, 0) is 0 Å². The molecular formula is C22H13Cl. The van der Waals surface area contributed by atoms with Crippen LogP contribution in [0.5, 0.6) is 0 Å². The van der Waals surface area contributed by atoms with Gasteiger partial charge >= 0.3 is 0 Å². The summed E-state index contributed by atoms with van der Waals surface area (Å²) in [6.45, 7) is 0. The Morgan fingerprint density at radius 3 is 1.91 bits per heavy atom. The molecule has 0 N–H and O–H groups in total. The molecule has 0 aliphatic heterocycles. The molecule has 0 unspecified atom stereocenters. The second-order valence-electron chi connectivity index (χ2n) is 5.95. The molecule has 0 spiro atoms. The quantitative estimate of drug-likeness (QED) is 0.295. The van der Waals surface area contributed by atoms with Crippen LogP contribution in [-0.4, -0.2) is 0 Å². The first-order chi connectivity index (χ1) is 11.3. The van der Waals surface area contributed by atoms with Crippen LogP contribution in [0.4, 0.5) is 0 Å². The third-order valence-corrected chi connectivity index (χ3v) is 5.02. The summed E-state index contributed by atoms with van der Waals surface area (Å²) in [4.78, 5) is 0. The summed E-state index contributed by atoms with van der Waals surface area (Å²) >= 11 is 6.45. The predicted molar refractivity (Wildman–Crippen MR) is 101 cm³/mol. The van der Waals surface area contributed by atoms with E-state index < -0.39 is 0 Å². The predicted octanol–water partition coefficient (Wildman–Crippen LogP) is 6.90. The van der Waals surface area contributed by atoms with Crippen molar-refractivity contribution >= 4 is 43.9 Å². The van der Waals surface area contributed by atoms with Gasteiger partial charge in [-0.05, 0) is 43.9 Å². The van der Waals surface area contributed by atoms with Gasteiger partial charge in [0.1, 0.15) is 0 Å². The van der Waals surface area contributed by atoms with Crippen molar-refractivity contribution in [2.45, 2.75) is 0 Å². The largest absolute Gasteiger partial charge is 0.0837 e. The van der Waals surface area contributed by atoms with Crippen molar-refractivity contribution < 1.29 is 0 Å². The molecule has 0 aromatic heterocycles. The van der Waals surface area contributed by atoms with Crippen LogP contribution in [0, 0.1) is 0 Å². The van der Waals surface area contributed by atoms with Crippen LogP contribution in [0.3, 0.4) is 0 Å². The highest BCUT2D eigenvalue weighted by molar-refractivity contribution is 6.34. The summed E-state index contributed by atoms with van der Waals surface area (Å²) in [5.41, 5.74) is 2.29. The van der Waals surface area contributed by atoms with Gasteiger partial charge in [0.15, 0.2) is 0 Å². The van der Waals surface area contributed by atoms with Gasteiger partial charge in [-0.3, -0.25) is 0 Å². The molecule has 5 aromatic carbocycles. The number of benzene rings is 5. The van der Waals surface area contributed by atoms with Gasteiger partial charge in [-0.15, -0.1) is 0 Å². The fraction of sp³-hybridized carbons (Fsp3) is 0. The Labute approximate surface area is 139 Å². The number of rotatable bonds is 1. The van der Waals surface area contributed by atoms with Crippen LogP contribution in [0.15, 0.2) is 78.9 Å². The summed E-state index contributed by atoms with van der Waals surface area (Å²) in [7, 11) is 0. The molecule has 0 saturated carbocycles. The molecule has 5 rings (SSSR count). The Balaban J connectivity index is 2.01. The van der Waals surface area contributed by atoms with Crippen molar-refractivity contribution in [2.24, 2.45) is 0 Å². The SMILES string of the molecule is Clc1ccccc1-c1ccc2ccc3cccc4ccc1c2c34. The zero-order valence-electron chi connectivity index (χ0n) is 12.4. The highest BCUT2D eigenvalue weighted by Gasteiger charge is 2.12. The molecular weight excluding hydrogens is 300 g/mol. The van der Waals surface area contributed by atoms with E-state index in [4.69, 9.17) is 11.6 Å². The van der Waals surface area contributed by atoms with E-state index in [1.807, 2.05) is 18.2 Å². The minimum atomic E-state index is 0.794. The van der Waals surface area contributed by atoms with Crippen LogP contribution in [0.2, 0.25) is 5.02 Å². The average molecular weight is 313 g/mol. The van der Waals surface area contributed by atoms with Gasteiger partial charge in [0, 0.05) is 10.6 Å². The molecule has 0 saturated heterocycles. The highest BCUT2D eigenvalue weighted by Crippen LogP contribution is 2.40. The molecule has 0 nitrogen and oxygen atoms in total. The van der Waals surface area contributed by atoms with E-state index in [1.165, 1.54) is 37.9 Å². The van der Waals surface area contributed by atoms with Gasteiger partial charge < -0.3 is 0 Å². The molecule has 0 fully saturated rings. The van der Waals surface area contributed by atoms with Gasteiger partial charge in [-0.25, -0.2) is 0 Å². The lowest BCUT2D eigenvalue weighted by atomic mass is 9.90. The normalized spacial score (nSPS) is 11.7. The van der Waals surface area contributed by atoms with Crippen molar-refractivity contribution in [3.8, 4) is 11.1 Å². The summed E-state index contributed by atoms with van der Waals surface area (Å²) in [5.74, 6) is 0. The second kappa shape index (κ2) is 4.71. The minimum Gasteiger partial charge on any atom is -0.0837 e. The van der Waals surface area contributed by atoms with Gasteiger partial charge in [-0.2, -0.15) is 0 Å². The molecule has 0 heterocycles. The van der Waals surface area contributed by atoms with Gasteiger partial charge in [0.25, 0.3) is 0 Å². The first kappa shape index (κ1) is 12.9. The van der Waals surface area contributed by atoms with E-state index in [2.05, 4.69) is 60.7 Å². The first-order valence-electron chi connectivity index (χ1n) is 7.74. The number of halogens is 1. The lowest BCUT2D eigenvalue weighted by molar-refractivity contribution is 1.66. The highest BCUT2D eigenvalue weighted by atomic mass is 35.5. The van der Waals surface area contributed by atoms with Gasteiger partial charge in [0.2, 0.25) is 0 Å². The van der Waals surface area contributed by atoms with Crippen molar-refractivity contribution in [1.82, 2.24) is 0 Å². The standard InChI is InChI=1S/C22H13Cl/c23-20-7-2-1-6-18(20)17-12-10-16-9-8-14-4-3-5-15-11-13-19(17)22(16)21(14)15/h1-13H. The van der Waals surface area contributed by atoms with Crippen molar-refractivity contribution in [3.05, 3.63) is 83.9 Å². The molecule has 0 amide bonds. The van der Waals surface area contributed by atoms with E-state index in [1.54, 1.807) is 0 Å². The third-order valence-electron chi connectivity index (χ3n) is 4.69. The maximum Gasteiger partial charge on any atom is 0.0484 e. The summed E-state index contributed by atoms with van der Waals surface area (Å²) in [5, 5.41) is 8.59. The Kier molecular flexibility index (Phi) is 2.65. The van der Waals surface area contributed by atoms with Crippen LogP contribution >= 0.6 is 11.6 Å². The molecule has 0 bridgehead atoms. The Morgan fingerprint density at radius 1 is 0.478 bits per heavy atom. The van der Waals surface area contributed by atoms with E-state index in [-0.39, 0.29) is 0 Å². The summed E-state index contributed by atoms with van der Waals surface area (Å²) < 4.78 is 0. The molecule has 5 aromatic rings. The lowest BCUT2D eigenvalue weighted by Gasteiger charge is -2.14. The smallest absolute Gasteiger partial charge is 0.0484 e. The van der Waals surface area contributed by atoms with Gasteiger partial charge in [-0.1, -0.05) is 84.4 Å². The van der Waals surface area contributed by atoms with E-state index in [0.717, 1.165) is 10.6 Å². The third kappa shape index (κ3) is 1.79. The molecule has 108 valence electrons. The Morgan fingerprint density at radius 2 is 1.13 bits per heavy atom. The summed E-state index contributed by atoms with van der Waals surface area (Å²) in [6.07, 6.45) is 0. The van der Waals surface area contributed by atoms with Crippen molar-refractivity contribution in [1.29, 1.82) is 0 Å². The Bertz CT molecular complexity index is 1150. The van der Waals surface area contributed by atoms with Crippen molar-refractivity contribution in [2.75, 3.05) is 0 Å².